The lowest BCUT2D eigenvalue weighted by molar-refractivity contribution is 0.117. The maximum Gasteiger partial charge on any atom is 0.246 e. The topological polar surface area (TPSA) is 75.4 Å². The summed E-state index contributed by atoms with van der Waals surface area (Å²) < 4.78 is 41.2. The largest absolute Gasteiger partial charge is 0.389 e. The normalized spacial score (nSPS) is 24.8. The van der Waals surface area contributed by atoms with Crippen molar-refractivity contribution in [2.75, 3.05) is 13.1 Å². The van der Waals surface area contributed by atoms with Crippen molar-refractivity contribution in [3.8, 4) is 0 Å². The van der Waals surface area contributed by atoms with Gasteiger partial charge in [-0.15, -0.1) is 0 Å². The minimum atomic E-state index is -3.83. The average Bonchev–Trinajstić information content (AvgIpc) is 2.81. The average molecular weight is 305 g/mol. The molecule has 0 amide bonds. The molecule has 1 fully saturated rings. The molecule has 2 rings (SSSR count). The molecule has 1 saturated heterocycles. The highest BCUT2D eigenvalue weighted by Crippen LogP contribution is 2.28. The number of aliphatic hydroxyl groups is 1. The molecule has 1 aliphatic rings. The zero-order valence-electron chi connectivity index (χ0n) is 12.0. The molecule has 6 nitrogen and oxygen atoms in total. The molecule has 0 unspecified atom stereocenters. The van der Waals surface area contributed by atoms with Gasteiger partial charge in [0.25, 0.3) is 0 Å². The first kappa shape index (κ1) is 15.4. The summed E-state index contributed by atoms with van der Waals surface area (Å²) in [6.07, 6.45) is -2.80. The van der Waals surface area contributed by atoms with Gasteiger partial charge in [0.2, 0.25) is 10.0 Å². The second-order valence-corrected chi connectivity index (χ2v) is 7.32. The summed E-state index contributed by atoms with van der Waals surface area (Å²) in [7, 11) is -3.83. The molecule has 0 bridgehead atoms. The van der Waals surface area contributed by atoms with Crippen molar-refractivity contribution in [2.45, 2.75) is 50.9 Å². The van der Waals surface area contributed by atoms with Crippen molar-refractivity contribution in [1.82, 2.24) is 14.1 Å². The van der Waals surface area contributed by atoms with E-state index in [-0.39, 0.29) is 24.0 Å². The van der Waals surface area contributed by atoms with Crippen LogP contribution in [0, 0.1) is 13.8 Å². The smallest absolute Gasteiger partial charge is 0.246 e. The molecule has 114 valence electrons. The summed E-state index contributed by atoms with van der Waals surface area (Å²) in [5, 5.41) is 13.6. The highest BCUT2D eigenvalue weighted by molar-refractivity contribution is 7.89. The zero-order valence-corrected chi connectivity index (χ0v) is 12.9. The van der Waals surface area contributed by atoms with Crippen LogP contribution in [-0.4, -0.2) is 53.0 Å². The molecule has 1 aliphatic heterocycles. The number of aliphatic hydroxyl groups excluding tert-OH is 1. The fourth-order valence-electron chi connectivity index (χ4n) is 2.56. The predicted molar refractivity (Wildman–Crippen MR) is 71.7 cm³/mol. The minimum absolute atomic E-state index is 0.0377. The molecular weight excluding hydrogens is 285 g/mol. The lowest BCUT2D eigenvalue weighted by Gasteiger charge is -2.16. The lowest BCUT2D eigenvalue weighted by atomic mass is 10.3. The number of hydrogen-bond donors (Lipinski definition) is 1. The molecule has 0 radical (unpaired) electrons. The van der Waals surface area contributed by atoms with Crippen LogP contribution >= 0.6 is 0 Å². The van der Waals surface area contributed by atoms with E-state index in [1.165, 1.54) is 0 Å². The minimum Gasteiger partial charge on any atom is -0.389 e. The molecule has 0 saturated carbocycles. The van der Waals surface area contributed by atoms with Gasteiger partial charge in [-0.1, -0.05) is 0 Å². The van der Waals surface area contributed by atoms with Gasteiger partial charge in [-0.25, -0.2) is 12.8 Å². The molecule has 0 aliphatic carbocycles. The van der Waals surface area contributed by atoms with Crippen LogP contribution in [0.5, 0.6) is 0 Å². The summed E-state index contributed by atoms with van der Waals surface area (Å²) in [6.45, 7) is 6.61. The van der Waals surface area contributed by atoms with Crippen molar-refractivity contribution >= 4 is 10.0 Å². The number of nitrogens with zero attached hydrogens (tertiary/aromatic N) is 3. The highest BCUT2D eigenvalue weighted by atomic mass is 32.2. The Kier molecular flexibility index (Phi) is 3.92. The summed E-state index contributed by atoms with van der Waals surface area (Å²) >= 11 is 0. The Morgan fingerprint density at radius 1 is 1.35 bits per heavy atom. The highest BCUT2D eigenvalue weighted by Gasteiger charge is 2.40. The van der Waals surface area contributed by atoms with Gasteiger partial charge in [0.05, 0.1) is 11.4 Å². The van der Waals surface area contributed by atoms with Gasteiger partial charge >= 0.3 is 0 Å². The standard InChI is InChI=1S/C12H20FN3O3S/c1-7(2)16-9(4)12(8(3)14-16)20(18,19)15-5-10(13)11(17)6-15/h7,10-11,17H,5-6H2,1-4H3/t10-,11-/m1/s1. The molecule has 20 heavy (non-hydrogen) atoms. The lowest BCUT2D eigenvalue weighted by Crippen LogP contribution is -2.30. The molecule has 1 aromatic rings. The van der Waals surface area contributed by atoms with Gasteiger partial charge in [0.1, 0.15) is 17.2 Å². The summed E-state index contributed by atoms with van der Waals surface area (Å²) in [5.74, 6) is 0. The van der Waals surface area contributed by atoms with E-state index in [2.05, 4.69) is 5.10 Å². The first-order valence-electron chi connectivity index (χ1n) is 6.54. The summed E-state index contributed by atoms with van der Waals surface area (Å²) in [5.41, 5.74) is 0.933. The maximum atomic E-state index is 13.4. The number of β-amino-alcohol motifs (C(OH)–C–C–N with tert-alkyl or cyclic N) is 1. The second kappa shape index (κ2) is 5.09. The Morgan fingerprint density at radius 3 is 2.35 bits per heavy atom. The fourth-order valence-corrected chi connectivity index (χ4v) is 4.39. The van der Waals surface area contributed by atoms with E-state index in [9.17, 15) is 17.9 Å². The number of aromatic nitrogens is 2. The van der Waals surface area contributed by atoms with E-state index in [4.69, 9.17) is 0 Å². The van der Waals surface area contributed by atoms with Crippen LogP contribution in [0.1, 0.15) is 31.3 Å². The van der Waals surface area contributed by atoms with E-state index < -0.39 is 22.3 Å². The number of hydrogen-bond acceptors (Lipinski definition) is 4. The third kappa shape index (κ3) is 2.36. The van der Waals surface area contributed by atoms with Crippen molar-refractivity contribution in [3.05, 3.63) is 11.4 Å². The van der Waals surface area contributed by atoms with E-state index in [1.807, 2.05) is 13.8 Å². The Bertz CT molecular complexity index is 602. The summed E-state index contributed by atoms with van der Waals surface area (Å²) in [4.78, 5) is 0.118. The van der Waals surface area contributed by atoms with Gasteiger partial charge in [-0.3, -0.25) is 4.68 Å². The first-order chi connectivity index (χ1) is 9.16. The first-order valence-corrected chi connectivity index (χ1v) is 7.98. The van der Waals surface area contributed by atoms with E-state index in [0.29, 0.717) is 11.4 Å². The molecule has 8 heteroatoms. The van der Waals surface area contributed by atoms with Gasteiger partial charge in [0, 0.05) is 19.1 Å². The van der Waals surface area contributed by atoms with Crippen LogP contribution in [0.2, 0.25) is 0 Å². The SMILES string of the molecule is Cc1nn(C(C)C)c(C)c1S(=O)(=O)N1C[C@@H](O)[C@H](F)C1. The molecule has 2 heterocycles. The molecule has 2 atom stereocenters. The van der Waals surface area contributed by atoms with Crippen LogP contribution in [0.4, 0.5) is 4.39 Å². The van der Waals surface area contributed by atoms with Crippen LogP contribution in [0.15, 0.2) is 4.90 Å². The van der Waals surface area contributed by atoms with Gasteiger partial charge in [0.15, 0.2) is 0 Å². The maximum absolute atomic E-state index is 13.4. The Morgan fingerprint density at radius 2 is 1.95 bits per heavy atom. The van der Waals surface area contributed by atoms with Crippen LogP contribution < -0.4 is 0 Å². The van der Waals surface area contributed by atoms with Crippen LogP contribution in [0.25, 0.3) is 0 Å². The predicted octanol–water partition coefficient (Wildman–Crippen LogP) is 0.784. The molecule has 1 aromatic heterocycles. The van der Waals surface area contributed by atoms with Gasteiger partial charge in [-0.2, -0.15) is 9.40 Å². The Labute approximate surface area is 118 Å². The fraction of sp³-hybridized carbons (Fsp3) is 0.750. The molecule has 1 N–H and O–H groups in total. The zero-order chi connectivity index (χ0) is 15.2. The summed E-state index contributed by atoms with van der Waals surface area (Å²) in [6, 6.07) is 0.0377. The number of rotatable bonds is 3. The van der Waals surface area contributed by atoms with Crippen molar-refractivity contribution in [2.24, 2.45) is 0 Å². The van der Waals surface area contributed by atoms with Crippen molar-refractivity contribution < 1.29 is 17.9 Å². The van der Waals surface area contributed by atoms with Crippen molar-refractivity contribution in [3.63, 3.8) is 0 Å². The molecular formula is C12H20FN3O3S. The Hall–Kier alpha value is -0.990. The number of alkyl halides is 1. The third-order valence-electron chi connectivity index (χ3n) is 3.53. The molecule has 0 aromatic carbocycles. The monoisotopic (exact) mass is 305 g/mol. The van der Waals surface area contributed by atoms with E-state index in [1.54, 1.807) is 18.5 Å². The molecule has 0 spiro atoms. The van der Waals surface area contributed by atoms with E-state index in [0.717, 1.165) is 4.31 Å². The second-order valence-electron chi connectivity index (χ2n) is 5.44. The van der Waals surface area contributed by atoms with E-state index >= 15 is 0 Å². The third-order valence-corrected chi connectivity index (χ3v) is 5.62. The van der Waals surface area contributed by atoms with Crippen LogP contribution in [0.3, 0.4) is 0 Å². The Balaban J connectivity index is 2.46. The van der Waals surface area contributed by atoms with Gasteiger partial charge in [-0.05, 0) is 27.7 Å². The number of halogens is 1. The quantitative estimate of drug-likeness (QED) is 0.895. The number of sulfonamides is 1. The van der Waals surface area contributed by atoms with Gasteiger partial charge < -0.3 is 5.11 Å². The van der Waals surface area contributed by atoms with Crippen LogP contribution in [-0.2, 0) is 10.0 Å². The number of aryl methyl sites for hydroxylation is 1. The van der Waals surface area contributed by atoms with Crippen molar-refractivity contribution in [1.29, 1.82) is 0 Å².